The van der Waals surface area contributed by atoms with E-state index in [0.29, 0.717) is 6.42 Å². The second-order valence-electron chi connectivity index (χ2n) is 11.4. The topological polar surface area (TPSA) is 46.5 Å². The molecule has 1 N–H and O–H groups in total. The van der Waals surface area contributed by atoms with Gasteiger partial charge in [-0.3, -0.25) is 4.79 Å². The lowest BCUT2D eigenvalue weighted by atomic mass is 9.91. The number of aliphatic hydroxyl groups excluding tert-OH is 1. The molecule has 0 saturated heterocycles. The third kappa shape index (κ3) is 14.4. The van der Waals surface area contributed by atoms with Crippen molar-refractivity contribution in [2.45, 2.75) is 161 Å². The lowest BCUT2D eigenvalue weighted by Crippen LogP contribution is -2.45. The Labute approximate surface area is 207 Å². The Bertz CT molecular complexity index is 476. The summed E-state index contributed by atoms with van der Waals surface area (Å²) in [6, 6.07) is 0. The van der Waals surface area contributed by atoms with E-state index in [2.05, 4.69) is 60.3 Å². The predicted molar refractivity (Wildman–Crippen MR) is 146 cm³/mol. The predicted octanol–water partition coefficient (Wildman–Crippen LogP) is 8.70. The number of hydrogen-bond donors (Lipinski definition) is 2. The van der Waals surface area contributed by atoms with Crippen LogP contribution >= 0.6 is 12.6 Å². The van der Waals surface area contributed by atoms with Crippen LogP contribution in [-0.4, -0.2) is 30.7 Å². The van der Waals surface area contributed by atoms with Crippen molar-refractivity contribution in [3.63, 3.8) is 0 Å². The number of unbranched alkanes of at least 4 members (excludes halogenated alkanes) is 10. The minimum Gasteiger partial charge on any atom is -0.414 e. The number of carbonyl (C=O) groups excluding carboxylic acids is 1. The summed E-state index contributed by atoms with van der Waals surface area (Å²) in [5, 5.41) is 10.9. The lowest BCUT2D eigenvalue weighted by Gasteiger charge is -2.40. The van der Waals surface area contributed by atoms with Crippen LogP contribution in [0.5, 0.6) is 0 Å². The third-order valence-corrected chi connectivity index (χ3v) is 12.2. The summed E-state index contributed by atoms with van der Waals surface area (Å²) in [5.74, 6) is -0.376. The molecule has 5 heteroatoms. The molecule has 0 bridgehead atoms. The van der Waals surface area contributed by atoms with E-state index in [1.807, 2.05) is 0 Å². The van der Waals surface area contributed by atoms with Crippen LogP contribution < -0.4 is 0 Å². The highest BCUT2D eigenvalue weighted by molar-refractivity contribution is 7.96. The molecule has 0 aliphatic heterocycles. The van der Waals surface area contributed by atoms with Crippen molar-refractivity contribution in [1.82, 2.24) is 0 Å². The molecule has 3 atom stereocenters. The van der Waals surface area contributed by atoms with Crippen LogP contribution in [0.1, 0.15) is 131 Å². The highest BCUT2D eigenvalue weighted by atomic mass is 32.1. The van der Waals surface area contributed by atoms with Crippen LogP contribution in [0, 0.1) is 5.92 Å². The van der Waals surface area contributed by atoms with Gasteiger partial charge in [-0.1, -0.05) is 112 Å². The maximum Gasteiger partial charge on any atom is 0.192 e. The largest absolute Gasteiger partial charge is 0.414 e. The first-order valence-corrected chi connectivity index (χ1v) is 16.9. The highest BCUT2D eigenvalue weighted by Gasteiger charge is 2.40. The second kappa shape index (κ2) is 17.6. The first-order valence-electron chi connectivity index (χ1n) is 13.5. The summed E-state index contributed by atoms with van der Waals surface area (Å²) in [7, 11) is -1.94. The summed E-state index contributed by atoms with van der Waals surface area (Å²) in [6.45, 7) is 15.8. The minimum atomic E-state index is -1.94. The zero-order chi connectivity index (χ0) is 24.6. The Morgan fingerprint density at radius 1 is 0.844 bits per heavy atom. The van der Waals surface area contributed by atoms with Crippen molar-refractivity contribution in [2.75, 3.05) is 0 Å². The van der Waals surface area contributed by atoms with Gasteiger partial charge in [-0.15, -0.1) is 12.6 Å². The van der Waals surface area contributed by atoms with E-state index in [0.717, 1.165) is 38.5 Å². The van der Waals surface area contributed by atoms with Gasteiger partial charge in [0.2, 0.25) is 0 Å². The van der Waals surface area contributed by atoms with Crippen LogP contribution in [0.4, 0.5) is 0 Å². The van der Waals surface area contributed by atoms with Crippen molar-refractivity contribution >= 4 is 26.1 Å². The summed E-state index contributed by atoms with van der Waals surface area (Å²) in [4.78, 5) is 12.1. The molecule has 0 heterocycles. The number of rotatable bonds is 20. The number of thiol groups is 1. The molecule has 3 nitrogen and oxygen atoms in total. The summed E-state index contributed by atoms with van der Waals surface area (Å²) in [6.07, 6.45) is 16.5. The number of hydrogen-bond acceptors (Lipinski definition) is 3. The number of aliphatic hydroxyl groups is 1. The Hall–Kier alpha value is 0.157. The smallest absolute Gasteiger partial charge is 0.192 e. The molecule has 0 aliphatic rings. The van der Waals surface area contributed by atoms with Crippen LogP contribution in [-0.2, 0) is 9.22 Å². The van der Waals surface area contributed by atoms with Crippen LogP contribution in [0.25, 0.3) is 0 Å². The van der Waals surface area contributed by atoms with E-state index in [-0.39, 0.29) is 22.2 Å². The van der Waals surface area contributed by atoms with Gasteiger partial charge in [-0.25, -0.2) is 0 Å². The third-order valence-electron chi connectivity index (χ3n) is 7.30. The van der Waals surface area contributed by atoms with Crippen molar-refractivity contribution in [3.8, 4) is 0 Å². The molecule has 0 aliphatic carbocycles. The van der Waals surface area contributed by atoms with Gasteiger partial charge < -0.3 is 9.53 Å². The fourth-order valence-electron chi connectivity index (χ4n) is 4.03. The van der Waals surface area contributed by atoms with E-state index in [1.54, 1.807) is 0 Å². The Morgan fingerprint density at radius 2 is 1.28 bits per heavy atom. The van der Waals surface area contributed by atoms with Crippen molar-refractivity contribution in [3.05, 3.63) is 0 Å². The van der Waals surface area contributed by atoms with E-state index < -0.39 is 14.4 Å². The molecular weight excluding hydrogens is 432 g/mol. The molecule has 0 aromatic rings. The van der Waals surface area contributed by atoms with E-state index in [9.17, 15) is 9.90 Å². The first kappa shape index (κ1) is 32.2. The fraction of sp³-hybridized carbons (Fsp3) is 0.963. The molecular formula is C27H56O3SSi. The Balaban J connectivity index is 4.80. The van der Waals surface area contributed by atoms with Gasteiger partial charge in [0.1, 0.15) is 0 Å². The quantitative estimate of drug-likeness (QED) is 0.102. The van der Waals surface area contributed by atoms with Gasteiger partial charge in [-0.2, -0.15) is 0 Å². The molecule has 192 valence electrons. The summed E-state index contributed by atoms with van der Waals surface area (Å²) < 4.78 is 6.74. The molecule has 0 aromatic heterocycles. The summed E-state index contributed by atoms with van der Waals surface area (Å²) in [5.41, 5.74) is 0. The monoisotopic (exact) mass is 488 g/mol. The van der Waals surface area contributed by atoms with E-state index in [4.69, 9.17) is 4.43 Å². The molecule has 0 spiro atoms. The average Bonchev–Trinajstić information content (AvgIpc) is 2.68. The summed E-state index contributed by atoms with van der Waals surface area (Å²) >= 11 is 4.10. The van der Waals surface area contributed by atoms with Crippen molar-refractivity contribution in [1.29, 1.82) is 0 Å². The van der Waals surface area contributed by atoms with E-state index in [1.165, 1.54) is 51.4 Å². The molecule has 3 unspecified atom stereocenters. The molecule has 0 rings (SSSR count). The van der Waals surface area contributed by atoms with Gasteiger partial charge in [0.25, 0.3) is 0 Å². The lowest BCUT2D eigenvalue weighted by molar-refractivity contribution is -0.118. The van der Waals surface area contributed by atoms with Gasteiger partial charge in [-0.05, 0) is 37.4 Å². The van der Waals surface area contributed by atoms with Gasteiger partial charge in [0.15, 0.2) is 13.4 Å². The zero-order valence-corrected chi connectivity index (χ0v) is 24.4. The molecule has 0 fully saturated rings. The second-order valence-corrected chi connectivity index (χ2v) is 16.6. The molecule has 0 aromatic carbocycles. The Morgan fingerprint density at radius 3 is 1.75 bits per heavy atom. The van der Waals surface area contributed by atoms with Gasteiger partial charge in [0.05, 0.1) is 12.0 Å². The minimum absolute atomic E-state index is 0.0248. The van der Waals surface area contributed by atoms with Crippen molar-refractivity contribution < 1.29 is 14.3 Å². The highest BCUT2D eigenvalue weighted by Crippen LogP contribution is 2.38. The Kier molecular flexibility index (Phi) is 17.7. The molecule has 0 saturated carbocycles. The molecule has 0 amide bonds. The molecule has 0 radical (unpaired) electrons. The number of carbonyl (C=O) groups is 1. The normalized spacial score (nSPS) is 15.5. The fourth-order valence-corrected chi connectivity index (χ4v) is 5.73. The van der Waals surface area contributed by atoms with Crippen LogP contribution in [0.15, 0.2) is 0 Å². The van der Waals surface area contributed by atoms with E-state index >= 15 is 0 Å². The van der Waals surface area contributed by atoms with Crippen LogP contribution in [0.3, 0.4) is 0 Å². The maximum atomic E-state index is 12.1. The van der Waals surface area contributed by atoms with Gasteiger partial charge >= 0.3 is 0 Å². The van der Waals surface area contributed by atoms with Gasteiger partial charge in [0, 0.05) is 6.10 Å². The van der Waals surface area contributed by atoms with Crippen molar-refractivity contribution in [2.24, 2.45) is 5.92 Å². The standard InChI is InChI=1S/C27H56O3SSi/c1-8-10-12-13-14-15-16-17-19-20-23(30-32(6,7)27(3,4)5)22-25(28)24(26(29)31)21-18-11-9-2/h23-25,28H,8-22H2,1-7H3,(H,29,31). The average molecular weight is 489 g/mol. The van der Waals surface area contributed by atoms with Crippen LogP contribution in [0.2, 0.25) is 18.1 Å². The first-order chi connectivity index (χ1) is 15.0. The SMILES string of the molecule is CCCCCCCCCCCC(CC(O)C(CCCCC)C(=O)S)O[Si](C)(C)C(C)(C)C. The maximum absolute atomic E-state index is 12.1. The molecule has 32 heavy (non-hydrogen) atoms. The zero-order valence-electron chi connectivity index (χ0n) is 22.5.